The van der Waals surface area contributed by atoms with E-state index < -0.39 is 11.8 Å². The number of aromatic nitrogens is 1. The van der Waals surface area contributed by atoms with Crippen LogP contribution in [-0.2, 0) is 0 Å². The zero-order chi connectivity index (χ0) is 20.8. The van der Waals surface area contributed by atoms with Gasteiger partial charge in [0.1, 0.15) is 5.75 Å². The van der Waals surface area contributed by atoms with Crippen molar-refractivity contribution in [3.8, 4) is 28.6 Å². The number of hydrogen-bond acceptors (Lipinski definition) is 7. The molecular weight excluding hydrogens is 378 g/mol. The first-order chi connectivity index (χ1) is 14.1. The van der Waals surface area contributed by atoms with Crippen LogP contribution in [0.4, 0.5) is 0 Å². The molecule has 1 heterocycles. The van der Waals surface area contributed by atoms with Gasteiger partial charge in [0.2, 0.25) is 0 Å². The molecule has 2 amide bonds. The van der Waals surface area contributed by atoms with Gasteiger partial charge in [-0.2, -0.15) is 0 Å². The molecule has 3 rings (SSSR count). The van der Waals surface area contributed by atoms with Crippen molar-refractivity contribution in [2.45, 2.75) is 0 Å². The Hall–Kier alpha value is -4.01. The highest BCUT2D eigenvalue weighted by atomic mass is 16.5. The van der Waals surface area contributed by atoms with Crippen LogP contribution in [0.25, 0.3) is 11.3 Å². The summed E-state index contributed by atoms with van der Waals surface area (Å²) < 4.78 is 20.8. The van der Waals surface area contributed by atoms with Gasteiger partial charge >= 0.3 is 0 Å². The van der Waals surface area contributed by atoms with E-state index in [9.17, 15) is 9.59 Å². The summed E-state index contributed by atoms with van der Waals surface area (Å²) in [6, 6.07) is 13.2. The lowest BCUT2D eigenvalue weighted by Crippen LogP contribution is -2.41. The van der Waals surface area contributed by atoms with Crippen molar-refractivity contribution in [3.05, 3.63) is 59.8 Å². The van der Waals surface area contributed by atoms with Gasteiger partial charge in [-0.1, -0.05) is 17.3 Å². The zero-order valence-electron chi connectivity index (χ0n) is 16.0. The van der Waals surface area contributed by atoms with Crippen molar-refractivity contribution < 1.29 is 28.3 Å². The van der Waals surface area contributed by atoms with E-state index in [-0.39, 0.29) is 11.3 Å². The highest BCUT2D eigenvalue weighted by Gasteiger charge is 2.17. The number of methoxy groups -OCH3 is 3. The molecule has 0 aliphatic heterocycles. The number of nitrogens with one attached hydrogen (secondary N) is 2. The summed E-state index contributed by atoms with van der Waals surface area (Å²) in [5, 5.41) is 3.74. The molecule has 150 valence electrons. The Labute approximate surface area is 166 Å². The molecule has 0 fully saturated rings. The van der Waals surface area contributed by atoms with E-state index in [4.69, 9.17) is 18.7 Å². The predicted molar refractivity (Wildman–Crippen MR) is 103 cm³/mol. The molecule has 0 aliphatic rings. The first-order valence-electron chi connectivity index (χ1n) is 8.50. The van der Waals surface area contributed by atoms with Crippen LogP contribution in [0.2, 0.25) is 0 Å². The Morgan fingerprint density at radius 2 is 1.52 bits per heavy atom. The average molecular weight is 397 g/mol. The molecule has 0 spiro atoms. The molecule has 9 nitrogen and oxygen atoms in total. The first kappa shape index (κ1) is 19.7. The van der Waals surface area contributed by atoms with E-state index in [1.807, 2.05) is 12.1 Å². The summed E-state index contributed by atoms with van der Waals surface area (Å²) in [7, 11) is 4.49. The monoisotopic (exact) mass is 397 g/mol. The fourth-order valence-electron chi connectivity index (χ4n) is 2.58. The zero-order valence-corrected chi connectivity index (χ0v) is 16.0. The largest absolute Gasteiger partial charge is 0.496 e. The molecule has 0 aliphatic carbocycles. The van der Waals surface area contributed by atoms with Crippen LogP contribution in [0, 0.1) is 0 Å². The molecule has 9 heteroatoms. The summed E-state index contributed by atoms with van der Waals surface area (Å²) >= 11 is 0. The molecule has 0 radical (unpaired) electrons. The lowest BCUT2D eigenvalue weighted by molar-refractivity contribution is 0.0841. The van der Waals surface area contributed by atoms with Crippen molar-refractivity contribution in [1.82, 2.24) is 16.0 Å². The number of carbonyl (C=O) groups is 2. The van der Waals surface area contributed by atoms with E-state index in [1.54, 1.807) is 24.3 Å². The normalized spacial score (nSPS) is 10.2. The SMILES string of the molecule is COc1ccc(C(=O)NNC(=O)c2cc(-c3ccccc3OC)on2)cc1OC. The molecular formula is C20H19N3O6. The summed E-state index contributed by atoms with van der Waals surface area (Å²) in [6.07, 6.45) is 0. The van der Waals surface area contributed by atoms with Crippen molar-refractivity contribution in [3.63, 3.8) is 0 Å². The fourth-order valence-corrected chi connectivity index (χ4v) is 2.58. The number of rotatable bonds is 6. The van der Waals surface area contributed by atoms with Crippen LogP contribution in [0.1, 0.15) is 20.8 Å². The lowest BCUT2D eigenvalue weighted by Gasteiger charge is -2.10. The quantitative estimate of drug-likeness (QED) is 0.615. The second kappa shape index (κ2) is 8.79. The molecule has 0 unspecified atom stereocenters. The smallest absolute Gasteiger partial charge is 0.291 e. The maximum Gasteiger partial charge on any atom is 0.291 e. The van der Waals surface area contributed by atoms with Crippen molar-refractivity contribution in [2.24, 2.45) is 0 Å². The number of ether oxygens (including phenoxy) is 3. The lowest BCUT2D eigenvalue weighted by atomic mass is 10.1. The van der Waals surface area contributed by atoms with Crippen molar-refractivity contribution in [1.29, 1.82) is 0 Å². The van der Waals surface area contributed by atoms with Gasteiger partial charge in [0, 0.05) is 11.6 Å². The van der Waals surface area contributed by atoms with Crippen LogP contribution in [0.15, 0.2) is 53.1 Å². The first-order valence-corrected chi connectivity index (χ1v) is 8.50. The molecule has 0 atom stereocenters. The van der Waals surface area contributed by atoms with Gasteiger partial charge in [-0.3, -0.25) is 20.4 Å². The van der Waals surface area contributed by atoms with Crippen molar-refractivity contribution >= 4 is 11.8 Å². The molecule has 0 saturated carbocycles. The van der Waals surface area contributed by atoms with Crippen LogP contribution in [0.5, 0.6) is 17.2 Å². The number of carbonyl (C=O) groups excluding carboxylic acids is 2. The minimum Gasteiger partial charge on any atom is -0.496 e. The van der Waals surface area contributed by atoms with Crippen LogP contribution in [0.3, 0.4) is 0 Å². The number of benzene rings is 2. The van der Waals surface area contributed by atoms with Gasteiger partial charge in [0.15, 0.2) is 23.0 Å². The fraction of sp³-hybridized carbons (Fsp3) is 0.150. The maximum absolute atomic E-state index is 12.3. The number of hydrogen-bond donors (Lipinski definition) is 2. The summed E-state index contributed by atoms with van der Waals surface area (Å²) in [6.45, 7) is 0. The Bertz CT molecular complexity index is 1030. The van der Waals surface area contributed by atoms with Crippen LogP contribution < -0.4 is 25.1 Å². The van der Waals surface area contributed by atoms with E-state index in [0.717, 1.165) is 0 Å². The number of hydrazine groups is 1. The van der Waals surface area contributed by atoms with E-state index in [0.29, 0.717) is 28.6 Å². The topological polar surface area (TPSA) is 112 Å². The third-order valence-corrected chi connectivity index (χ3v) is 4.05. The second-order valence-electron chi connectivity index (χ2n) is 5.75. The Kier molecular flexibility index (Phi) is 5.98. The predicted octanol–water partition coefficient (Wildman–Crippen LogP) is 2.44. The van der Waals surface area contributed by atoms with Gasteiger partial charge in [0.25, 0.3) is 11.8 Å². The Morgan fingerprint density at radius 1 is 0.828 bits per heavy atom. The van der Waals surface area contributed by atoms with Gasteiger partial charge < -0.3 is 18.7 Å². The average Bonchev–Trinajstić information content (AvgIpc) is 3.26. The van der Waals surface area contributed by atoms with Gasteiger partial charge in [-0.25, -0.2) is 0 Å². The summed E-state index contributed by atoms with van der Waals surface area (Å²) in [5.74, 6) is 0.650. The van der Waals surface area contributed by atoms with Crippen molar-refractivity contribution in [2.75, 3.05) is 21.3 Å². The van der Waals surface area contributed by atoms with Gasteiger partial charge in [0.05, 0.1) is 26.9 Å². The number of amides is 2. The van der Waals surface area contributed by atoms with E-state index in [1.165, 1.54) is 33.5 Å². The molecule has 0 bridgehead atoms. The van der Waals surface area contributed by atoms with Gasteiger partial charge in [-0.05, 0) is 30.3 Å². The van der Waals surface area contributed by atoms with Gasteiger partial charge in [-0.15, -0.1) is 0 Å². The number of nitrogens with zero attached hydrogens (tertiary/aromatic N) is 1. The summed E-state index contributed by atoms with van der Waals surface area (Å²) in [4.78, 5) is 24.6. The Morgan fingerprint density at radius 3 is 2.24 bits per heavy atom. The molecule has 29 heavy (non-hydrogen) atoms. The Balaban J connectivity index is 1.67. The second-order valence-corrected chi connectivity index (χ2v) is 5.75. The third kappa shape index (κ3) is 4.29. The molecule has 0 saturated heterocycles. The molecule has 2 N–H and O–H groups in total. The minimum atomic E-state index is -0.635. The standard InChI is InChI=1S/C20H19N3O6/c1-26-15-7-5-4-6-13(15)17-11-14(23-29-17)20(25)22-21-19(24)12-8-9-16(27-2)18(10-12)28-3/h4-11H,1-3H3,(H,21,24)(H,22,25). The van der Waals surface area contributed by atoms with Crippen LogP contribution in [-0.4, -0.2) is 38.3 Å². The molecule has 1 aromatic heterocycles. The molecule has 3 aromatic rings. The summed E-state index contributed by atoms with van der Waals surface area (Å²) in [5.41, 5.74) is 5.53. The van der Waals surface area contributed by atoms with E-state index >= 15 is 0 Å². The maximum atomic E-state index is 12.3. The number of para-hydroxylation sites is 1. The van der Waals surface area contributed by atoms with Crippen LogP contribution >= 0.6 is 0 Å². The highest BCUT2D eigenvalue weighted by Crippen LogP contribution is 2.30. The van der Waals surface area contributed by atoms with E-state index in [2.05, 4.69) is 16.0 Å². The highest BCUT2D eigenvalue weighted by molar-refractivity contribution is 5.99. The third-order valence-electron chi connectivity index (χ3n) is 4.05. The molecule has 2 aromatic carbocycles. The minimum absolute atomic E-state index is 0.00137.